The van der Waals surface area contributed by atoms with Crippen molar-refractivity contribution >= 4 is 5.78 Å². The first-order valence-corrected chi connectivity index (χ1v) is 5.77. The van der Waals surface area contributed by atoms with E-state index >= 15 is 0 Å². The van der Waals surface area contributed by atoms with Crippen LogP contribution >= 0.6 is 0 Å². The third kappa shape index (κ3) is 2.16. The van der Waals surface area contributed by atoms with Gasteiger partial charge in [-0.05, 0) is 13.8 Å². The number of rotatable bonds is 2. The van der Waals surface area contributed by atoms with E-state index in [0.717, 1.165) is 24.5 Å². The number of carbonyl (C=O) groups excluding carboxylic acids is 1. The number of likely N-dealkylation sites (tertiary alicyclic amines) is 1. The minimum atomic E-state index is 0.123. The highest BCUT2D eigenvalue weighted by atomic mass is 16.5. The lowest BCUT2D eigenvalue weighted by molar-refractivity contribution is -0.128. The Bertz CT molecular complexity index is 386. The molecule has 0 aliphatic carbocycles. The van der Waals surface area contributed by atoms with E-state index in [0.29, 0.717) is 12.2 Å². The van der Waals surface area contributed by atoms with E-state index in [2.05, 4.69) is 17.0 Å². The van der Waals surface area contributed by atoms with Crippen molar-refractivity contribution in [3.8, 4) is 0 Å². The summed E-state index contributed by atoms with van der Waals surface area (Å²) in [6.07, 6.45) is 0.651. The second-order valence-electron chi connectivity index (χ2n) is 4.65. The van der Waals surface area contributed by atoms with Crippen LogP contribution in [0, 0.1) is 12.8 Å². The number of nitrogens with zero attached hydrogens (tertiary/aromatic N) is 2. The normalized spacial score (nSPS) is 27.3. The Hall–Kier alpha value is -1.16. The van der Waals surface area contributed by atoms with Gasteiger partial charge in [0.15, 0.2) is 5.76 Å². The molecule has 0 saturated carbocycles. The molecule has 0 radical (unpaired) electrons. The number of piperidine rings is 1. The highest BCUT2D eigenvalue weighted by Gasteiger charge is 2.31. The van der Waals surface area contributed by atoms with Crippen LogP contribution in [0.3, 0.4) is 0 Å². The molecule has 88 valence electrons. The summed E-state index contributed by atoms with van der Waals surface area (Å²) in [7, 11) is 0. The third-order valence-corrected chi connectivity index (χ3v) is 3.49. The number of hydrogen-bond acceptors (Lipinski definition) is 4. The first-order chi connectivity index (χ1) is 7.58. The van der Waals surface area contributed by atoms with E-state index in [4.69, 9.17) is 4.52 Å². The van der Waals surface area contributed by atoms with Crippen LogP contribution in [0.15, 0.2) is 10.6 Å². The van der Waals surface area contributed by atoms with Gasteiger partial charge in [0.1, 0.15) is 5.78 Å². The van der Waals surface area contributed by atoms with Gasteiger partial charge in [-0.25, -0.2) is 0 Å². The summed E-state index contributed by atoms with van der Waals surface area (Å²) >= 11 is 0. The smallest absolute Gasteiger partial charge is 0.150 e. The molecular weight excluding hydrogens is 204 g/mol. The quantitative estimate of drug-likeness (QED) is 0.765. The van der Waals surface area contributed by atoms with Crippen molar-refractivity contribution in [3.63, 3.8) is 0 Å². The maximum Gasteiger partial charge on any atom is 0.150 e. The van der Waals surface area contributed by atoms with Crippen LogP contribution in [0.2, 0.25) is 0 Å². The van der Waals surface area contributed by atoms with Gasteiger partial charge in [-0.1, -0.05) is 12.1 Å². The molecule has 2 heterocycles. The Morgan fingerprint density at radius 3 is 2.94 bits per heavy atom. The minimum absolute atomic E-state index is 0.123. The molecule has 0 N–H and O–H groups in total. The lowest BCUT2D eigenvalue weighted by Gasteiger charge is -2.36. The fraction of sp³-hybridized carbons (Fsp3) is 0.667. The second kappa shape index (κ2) is 4.37. The van der Waals surface area contributed by atoms with Gasteiger partial charge in [0.05, 0.1) is 12.2 Å². The molecule has 2 atom stereocenters. The van der Waals surface area contributed by atoms with Crippen molar-refractivity contribution in [2.75, 3.05) is 6.54 Å². The molecule has 16 heavy (non-hydrogen) atoms. The summed E-state index contributed by atoms with van der Waals surface area (Å²) in [5.74, 6) is 1.38. The van der Waals surface area contributed by atoms with E-state index in [9.17, 15) is 4.79 Å². The summed E-state index contributed by atoms with van der Waals surface area (Å²) < 4.78 is 5.20. The van der Waals surface area contributed by atoms with Gasteiger partial charge < -0.3 is 4.52 Å². The summed E-state index contributed by atoms with van der Waals surface area (Å²) in [6.45, 7) is 7.60. The number of carbonyl (C=O) groups is 1. The Kier molecular flexibility index (Phi) is 3.10. The van der Waals surface area contributed by atoms with Gasteiger partial charge in [-0.2, -0.15) is 0 Å². The molecule has 2 unspecified atom stereocenters. The topological polar surface area (TPSA) is 46.3 Å². The van der Waals surface area contributed by atoms with Crippen molar-refractivity contribution in [1.82, 2.24) is 10.1 Å². The Labute approximate surface area is 95.6 Å². The zero-order chi connectivity index (χ0) is 11.7. The van der Waals surface area contributed by atoms with Gasteiger partial charge >= 0.3 is 0 Å². The zero-order valence-electron chi connectivity index (χ0n) is 10.1. The van der Waals surface area contributed by atoms with Crippen molar-refractivity contribution in [1.29, 1.82) is 0 Å². The molecule has 1 fully saturated rings. The largest absolute Gasteiger partial charge is 0.360 e. The average Bonchev–Trinajstić information content (AvgIpc) is 2.65. The first kappa shape index (κ1) is 11.3. The van der Waals surface area contributed by atoms with E-state index < -0.39 is 0 Å². The monoisotopic (exact) mass is 222 g/mol. The van der Waals surface area contributed by atoms with Crippen LogP contribution in [0.25, 0.3) is 0 Å². The van der Waals surface area contributed by atoms with Crippen molar-refractivity contribution in [2.45, 2.75) is 39.8 Å². The summed E-state index contributed by atoms with van der Waals surface area (Å²) in [4.78, 5) is 13.8. The average molecular weight is 222 g/mol. The Balaban J connectivity index is 2.02. The Morgan fingerprint density at radius 2 is 2.31 bits per heavy atom. The standard InChI is InChI=1S/C12H18N2O2/c1-8-6-11(16-13-8)7-14-5-4-12(15)9(2)10(14)3/h6,9-10H,4-5,7H2,1-3H3. The van der Waals surface area contributed by atoms with E-state index in [1.165, 1.54) is 0 Å². The second-order valence-corrected chi connectivity index (χ2v) is 4.65. The number of aromatic nitrogens is 1. The predicted octanol–water partition coefficient (Wildman–Crippen LogP) is 1.78. The number of ketones is 1. The minimum Gasteiger partial charge on any atom is -0.360 e. The zero-order valence-corrected chi connectivity index (χ0v) is 10.1. The summed E-state index contributed by atoms with van der Waals surface area (Å²) in [5.41, 5.74) is 0.906. The summed E-state index contributed by atoms with van der Waals surface area (Å²) in [6, 6.07) is 2.24. The molecule has 4 nitrogen and oxygen atoms in total. The molecule has 0 spiro atoms. The molecule has 2 rings (SSSR count). The van der Waals surface area contributed by atoms with E-state index in [1.807, 2.05) is 19.9 Å². The maximum atomic E-state index is 11.5. The van der Waals surface area contributed by atoms with Gasteiger partial charge in [0, 0.05) is 31.0 Å². The number of hydrogen-bond donors (Lipinski definition) is 0. The number of aryl methyl sites for hydroxylation is 1. The van der Waals surface area contributed by atoms with Crippen LogP contribution in [-0.4, -0.2) is 28.4 Å². The SMILES string of the molecule is Cc1cc(CN2CCC(=O)C(C)C2C)on1. The number of Topliss-reactive ketones (excluding diaryl/α,β-unsaturated/α-hetero) is 1. The molecule has 1 aliphatic heterocycles. The van der Waals surface area contributed by atoms with Crippen LogP contribution in [-0.2, 0) is 11.3 Å². The highest BCUT2D eigenvalue weighted by Crippen LogP contribution is 2.22. The first-order valence-electron chi connectivity index (χ1n) is 5.77. The molecular formula is C12H18N2O2. The van der Waals surface area contributed by atoms with Crippen molar-refractivity contribution < 1.29 is 9.32 Å². The predicted molar refractivity (Wildman–Crippen MR) is 59.9 cm³/mol. The molecule has 1 aromatic rings. The molecule has 0 amide bonds. The van der Waals surface area contributed by atoms with Gasteiger partial charge in [0.2, 0.25) is 0 Å². The fourth-order valence-electron chi connectivity index (χ4n) is 2.18. The molecule has 0 bridgehead atoms. The van der Waals surface area contributed by atoms with Crippen LogP contribution in [0.4, 0.5) is 0 Å². The van der Waals surface area contributed by atoms with Gasteiger partial charge in [-0.15, -0.1) is 0 Å². The third-order valence-electron chi connectivity index (χ3n) is 3.49. The van der Waals surface area contributed by atoms with Crippen molar-refractivity contribution in [3.05, 3.63) is 17.5 Å². The lowest BCUT2D eigenvalue weighted by atomic mass is 9.91. The highest BCUT2D eigenvalue weighted by molar-refractivity contribution is 5.82. The van der Waals surface area contributed by atoms with Gasteiger partial charge in [-0.3, -0.25) is 9.69 Å². The van der Waals surface area contributed by atoms with E-state index in [-0.39, 0.29) is 12.0 Å². The lowest BCUT2D eigenvalue weighted by Crippen LogP contribution is -2.46. The maximum absolute atomic E-state index is 11.5. The van der Waals surface area contributed by atoms with Gasteiger partial charge in [0.25, 0.3) is 0 Å². The van der Waals surface area contributed by atoms with E-state index in [1.54, 1.807) is 0 Å². The fourth-order valence-corrected chi connectivity index (χ4v) is 2.18. The van der Waals surface area contributed by atoms with Crippen LogP contribution in [0.5, 0.6) is 0 Å². The summed E-state index contributed by atoms with van der Waals surface area (Å²) in [5, 5.41) is 3.87. The molecule has 0 aromatic carbocycles. The van der Waals surface area contributed by atoms with Crippen LogP contribution < -0.4 is 0 Å². The molecule has 1 saturated heterocycles. The van der Waals surface area contributed by atoms with Crippen LogP contribution in [0.1, 0.15) is 31.7 Å². The molecule has 1 aliphatic rings. The molecule has 4 heteroatoms. The molecule has 1 aromatic heterocycles. The Morgan fingerprint density at radius 1 is 1.56 bits per heavy atom. The van der Waals surface area contributed by atoms with Crippen molar-refractivity contribution in [2.24, 2.45) is 5.92 Å².